The lowest BCUT2D eigenvalue weighted by Crippen LogP contribution is -2.40. The number of hydrogen-bond acceptors (Lipinski definition) is 2. The third-order valence-corrected chi connectivity index (χ3v) is 1.34. The van der Waals surface area contributed by atoms with Crippen molar-refractivity contribution in [1.82, 2.24) is 10.2 Å². The summed E-state index contributed by atoms with van der Waals surface area (Å²) in [5.41, 5.74) is 0. The van der Waals surface area contributed by atoms with Gasteiger partial charge in [0.05, 0.1) is 0 Å². The lowest BCUT2D eigenvalue weighted by molar-refractivity contribution is 0.209. The Morgan fingerprint density at radius 1 is 1.64 bits per heavy atom. The Bertz CT molecular complexity index is 126. The minimum atomic E-state index is -0.119. The molecule has 0 aromatic carbocycles. The zero-order chi connectivity index (χ0) is 8.85. The van der Waals surface area contributed by atoms with Gasteiger partial charge in [0.25, 0.3) is 0 Å². The van der Waals surface area contributed by atoms with Crippen molar-refractivity contribution in [3.63, 3.8) is 0 Å². The molecule has 0 aliphatic rings. The minimum Gasteiger partial charge on any atom is -0.396 e. The van der Waals surface area contributed by atoms with E-state index in [1.807, 2.05) is 6.92 Å². The van der Waals surface area contributed by atoms with Gasteiger partial charge in [-0.2, -0.15) is 0 Å². The van der Waals surface area contributed by atoms with E-state index in [-0.39, 0.29) is 18.7 Å². The minimum absolute atomic E-state index is 0.0369. The second kappa shape index (κ2) is 4.96. The van der Waals surface area contributed by atoms with Gasteiger partial charge < -0.3 is 15.3 Å². The smallest absolute Gasteiger partial charge is 0.317 e. The summed E-state index contributed by atoms with van der Waals surface area (Å²) < 4.78 is 0. The molecule has 0 rings (SSSR count). The van der Waals surface area contributed by atoms with Crippen LogP contribution in [0.3, 0.4) is 0 Å². The number of aliphatic hydroxyl groups excluding tert-OH is 1. The standard InChI is InChI=1S/C7H16N2O2/c1-6(4-5-10)8-7(11)9(2)3/h6,10H,4-5H2,1-3H3,(H,8,11). The van der Waals surface area contributed by atoms with Gasteiger partial charge >= 0.3 is 6.03 Å². The molecule has 0 bridgehead atoms. The first-order chi connectivity index (χ1) is 5.07. The molecular weight excluding hydrogens is 144 g/mol. The Labute approximate surface area is 67.2 Å². The number of nitrogens with one attached hydrogen (secondary N) is 1. The van der Waals surface area contributed by atoms with Gasteiger partial charge in [0.15, 0.2) is 0 Å². The monoisotopic (exact) mass is 160 g/mol. The summed E-state index contributed by atoms with van der Waals surface area (Å²) in [4.78, 5) is 12.4. The Balaban J connectivity index is 3.57. The Morgan fingerprint density at radius 3 is 2.55 bits per heavy atom. The molecule has 66 valence electrons. The van der Waals surface area contributed by atoms with E-state index in [2.05, 4.69) is 5.32 Å². The van der Waals surface area contributed by atoms with E-state index >= 15 is 0 Å². The van der Waals surface area contributed by atoms with E-state index in [1.54, 1.807) is 14.1 Å². The Hall–Kier alpha value is -0.770. The normalized spacial score (nSPS) is 12.4. The number of amides is 2. The highest BCUT2D eigenvalue weighted by atomic mass is 16.3. The molecule has 0 aromatic rings. The van der Waals surface area contributed by atoms with Crippen LogP contribution in [-0.2, 0) is 0 Å². The molecule has 11 heavy (non-hydrogen) atoms. The van der Waals surface area contributed by atoms with Crippen LogP contribution in [-0.4, -0.2) is 42.8 Å². The topological polar surface area (TPSA) is 52.6 Å². The molecule has 1 atom stereocenters. The first-order valence-corrected chi connectivity index (χ1v) is 3.66. The van der Waals surface area contributed by atoms with Gasteiger partial charge in [0, 0.05) is 26.7 Å². The summed E-state index contributed by atoms with van der Waals surface area (Å²) in [6.45, 7) is 1.96. The molecular formula is C7H16N2O2. The van der Waals surface area contributed by atoms with Gasteiger partial charge in [-0.3, -0.25) is 0 Å². The molecule has 0 aliphatic heterocycles. The number of urea groups is 1. The molecule has 0 spiro atoms. The lowest BCUT2D eigenvalue weighted by Gasteiger charge is -2.16. The van der Waals surface area contributed by atoms with Crippen molar-refractivity contribution >= 4 is 6.03 Å². The fraction of sp³-hybridized carbons (Fsp3) is 0.857. The third kappa shape index (κ3) is 4.61. The van der Waals surface area contributed by atoms with E-state index < -0.39 is 0 Å². The molecule has 1 unspecified atom stereocenters. The van der Waals surface area contributed by atoms with Crippen molar-refractivity contribution in [1.29, 1.82) is 0 Å². The fourth-order valence-corrected chi connectivity index (χ4v) is 0.606. The average Bonchev–Trinajstić information content (AvgIpc) is 1.87. The third-order valence-electron chi connectivity index (χ3n) is 1.34. The molecule has 0 aromatic heterocycles. The van der Waals surface area contributed by atoms with Crippen LogP contribution < -0.4 is 5.32 Å². The van der Waals surface area contributed by atoms with Gasteiger partial charge in [-0.25, -0.2) is 4.79 Å². The van der Waals surface area contributed by atoms with E-state index in [1.165, 1.54) is 4.90 Å². The maximum Gasteiger partial charge on any atom is 0.317 e. The van der Waals surface area contributed by atoms with Crippen LogP contribution in [0.15, 0.2) is 0 Å². The predicted molar refractivity (Wildman–Crippen MR) is 43.4 cm³/mol. The van der Waals surface area contributed by atoms with Crippen molar-refractivity contribution in [2.75, 3.05) is 20.7 Å². The molecule has 0 heterocycles. The molecule has 4 nitrogen and oxygen atoms in total. The molecule has 0 aliphatic carbocycles. The zero-order valence-corrected chi connectivity index (χ0v) is 7.29. The summed E-state index contributed by atoms with van der Waals surface area (Å²) in [7, 11) is 3.36. The summed E-state index contributed by atoms with van der Waals surface area (Å²) >= 11 is 0. The van der Waals surface area contributed by atoms with Gasteiger partial charge in [0.2, 0.25) is 0 Å². The Kier molecular flexibility index (Phi) is 4.61. The van der Waals surface area contributed by atoms with Gasteiger partial charge in [-0.15, -0.1) is 0 Å². The van der Waals surface area contributed by atoms with Crippen molar-refractivity contribution in [2.24, 2.45) is 0 Å². The SMILES string of the molecule is CC(CCO)NC(=O)N(C)C. The van der Waals surface area contributed by atoms with Crippen LogP contribution in [0.25, 0.3) is 0 Å². The zero-order valence-electron chi connectivity index (χ0n) is 7.29. The van der Waals surface area contributed by atoms with Crippen LogP contribution in [0.4, 0.5) is 4.79 Å². The van der Waals surface area contributed by atoms with Crippen LogP contribution in [0.5, 0.6) is 0 Å². The van der Waals surface area contributed by atoms with Crippen LogP contribution in [0.2, 0.25) is 0 Å². The quantitative estimate of drug-likeness (QED) is 0.612. The molecule has 0 saturated heterocycles. The summed E-state index contributed by atoms with van der Waals surface area (Å²) in [5.74, 6) is 0. The highest BCUT2D eigenvalue weighted by Gasteiger charge is 2.06. The molecule has 2 amide bonds. The lowest BCUT2D eigenvalue weighted by atomic mass is 10.2. The number of carbonyl (C=O) groups excluding carboxylic acids is 1. The Morgan fingerprint density at radius 2 is 2.18 bits per heavy atom. The van der Waals surface area contributed by atoms with Crippen LogP contribution >= 0.6 is 0 Å². The van der Waals surface area contributed by atoms with Crippen molar-refractivity contribution < 1.29 is 9.90 Å². The van der Waals surface area contributed by atoms with E-state index in [0.717, 1.165) is 0 Å². The average molecular weight is 160 g/mol. The fourth-order valence-electron chi connectivity index (χ4n) is 0.606. The van der Waals surface area contributed by atoms with Crippen molar-refractivity contribution in [2.45, 2.75) is 19.4 Å². The molecule has 0 saturated carbocycles. The predicted octanol–water partition coefficient (Wildman–Crippen LogP) is 0.0285. The van der Waals surface area contributed by atoms with Crippen molar-refractivity contribution in [3.8, 4) is 0 Å². The maximum absolute atomic E-state index is 11.0. The number of hydrogen-bond donors (Lipinski definition) is 2. The highest BCUT2D eigenvalue weighted by Crippen LogP contribution is 1.89. The molecule has 2 N–H and O–H groups in total. The number of carbonyl (C=O) groups is 1. The second-order valence-electron chi connectivity index (χ2n) is 2.76. The molecule has 0 radical (unpaired) electrons. The van der Waals surface area contributed by atoms with Gasteiger partial charge in [-0.1, -0.05) is 0 Å². The maximum atomic E-state index is 11.0. The summed E-state index contributed by atoms with van der Waals surface area (Å²) in [5, 5.41) is 11.2. The molecule has 4 heteroatoms. The second-order valence-corrected chi connectivity index (χ2v) is 2.76. The number of aliphatic hydroxyl groups is 1. The van der Waals surface area contributed by atoms with E-state index in [4.69, 9.17) is 5.11 Å². The van der Waals surface area contributed by atoms with E-state index in [9.17, 15) is 4.79 Å². The number of nitrogens with zero attached hydrogens (tertiary/aromatic N) is 1. The van der Waals surface area contributed by atoms with Crippen LogP contribution in [0.1, 0.15) is 13.3 Å². The summed E-state index contributed by atoms with van der Waals surface area (Å²) in [6.07, 6.45) is 0.597. The number of rotatable bonds is 3. The van der Waals surface area contributed by atoms with Gasteiger partial charge in [0.1, 0.15) is 0 Å². The largest absolute Gasteiger partial charge is 0.396 e. The summed E-state index contributed by atoms with van der Waals surface area (Å²) in [6, 6.07) is -0.0825. The molecule has 0 fully saturated rings. The highest BCUT2D eigenvalue weighted by molar-refractivity contribution is 5.73. The van der Waals surface area contributed by atoms with Gasteiger partial charge in [-0.05, 0) is 13.3 Å². The van der Waals surface area contributed by atoms with Crippen molar-refractivity contribution in [3.05, 3.63) is 0 Å². The van der Waals surface area contributed by atoms with E-state index in [0.29, 0.717) is 6.42 Å². The van der Waals surface area contributed by atoms with Crippen LogP contribution in [0, 0.1) is 0 Å². The first kappa shape index (κ1) is 10.2. The first-order valence-electron chi connectivity index (χ1n) is 3.66.